The van der Waals surface area contributed by atoms with Crippen LogP contribution in [0.4, 0.5) is 4.39 Å². The number of nitrogens with two attached hydrogens (primary N) is 1. The highest BCUT2D eigenvalue weighted by molar-refractivity contribution is 5.96. The summed E-state index contributed by atoms with van der Waals surface area (Å²) in [5.41, 5.74) is 10.3. The van der Waals surface area contributed by atoms with Crippen molar-refractivity contribution in [2.24, 2.45) is 5.73 Å². The van der Waals surface area contributed by atoms with Gasteiger partial charge in [-0.25, -0.2) is 4.39 Å². The first kappa shape index (κ1) is 29.5. The minimum absolute atomic E-state index is 0.0495. The Morgan fingerprint density at radius 3 is 2.51 bits per heavy atom. The fraction of sp³-hybridized carbons (Fsp3) is 0.531. The second-order valence-electron chi connectivity index (χ2n) is 11.8. The van der Waals surface area contributed by atoms with Crippen molar-refractivity contribution >= 4 is 16.8 Å². The molecule has 0 saturated carbocycles. The summed E-state index contributed by atoms with van der Waals surface area (Å²) < 4.78 is 20.0. The second-order valence-corrected chi connectivity index (χ2v) is 11.8. The topological polar surface area (TPSA) is 87.8 Å². The molecule has 2 fully saturated rings. The first-order valence-corrected chi connectivity index (χ1v) is 15.0. The largest absolute Gasteiger partial charge is 0.463 e. The number of amides is 1. The van der Waals surface area contributed by atoms with Crippen LogP contribution in [0.2, 0.25) is 0 Å². The zero-order valence-electron chi connectivity index (χ0n) is 24.5. The third-order valence-electron chi connectivity index (χ3n) is 8.68. The van der Waals surface area contributed by atoms with E-state index in [1.807, 2.05) is 24.3 Å². The lowest BCUT2D eigenvalue weighted by molar-refractivity contribution is -0.127. The number of alkyl halides is 1. The number of hydrogen-bond acceptors (Lipinski definition) is 6. The molecule has 2 aliphatic rings. The van der Waals surface area contributed by atoms with Crippen LogP contribution < -0.4 is 21.1 Å². The van der Waals surface area contributed by atoms with Crippen LogP contribution in [0.3, 0.4) is 0 Å². The number of carbonyl (C=O) groups excluding carboxylic acids is 1. The molecule has 5 rings (SSSR count). The van der Waals surface area contributed by atoms with E-state index in [-0.39, 0.29) is 5.91 Å². The third-order valence-corrected chi connectivity index (χ3v) is 8.68. The number of nitrogens with zero attached hydrogens (tertiary/aromatic N) is 3. The van der Waals surface area contributed by atoms with Crippen LogP contribution in [0.15, 0.2) is 48.7 Å². The molecule has 9 heteroatoms. The number of aromatic nitrogens is 1. The summed E-state index contributed by atoms with van der Waals surface area (Å²) in [6, 6.07) is 15.0. The number of benzene rings is 2. The van der Waals surface area contributed by atoms with Crippen LogP contribution in [0.1, 0.15) is 38.7 Å². The van der Waals surface area contributed by atoms with E-state index in [9.17, 15) is 9.18 Å². The molecule has 2 aromatic carbocycles. The number of piperidine rings is 1. The molecule has 222 valence electrons. The molecule has 3 aromatic rings. The van der Waals surface area contributed by atoms with Gasteiger partial charge in [0.15, 0.2) is 0 Å². The van der Waals surface area contributed by atoms with Crippen molar-refractivity contribution in [1.29, 1.82) is 0 Å². The lowest BCUT2D eigenvalue weighted by Gasteiger charge is -2.37. The van der Waals surface area contributed by atoms with Crippen LogP contribution in [0, 0.1) is 0 Å². The molecule has 1 aromatic heterocycles. The van der Waals surface area contributed by atoms with Gasteiger partial charge in [0.05, 0.1) is 5.54 Å². The van der Waals surface area contributed by atoms with Crippen LogP contribution in [-0.2, 0) is 17.9 Å². The molecule has 2 saturated heterocycles. The number of hydrogen-bond donors (Lipinski definition) is 3. The highest BCUT2D eigenvalue weighted by Crippen LogP contribution is 2.33. The summed E-state index contributed by atoms with van der Waals surface area (Å²) in [6.45, 7) is 11.9. The molecule has 2 aliphatic heterocycles. The normalized spacial score (nSPS) is 18.2. The standard InChI is InChI=1S/C32H45FN6O2/c1-24(2)38-18-16-37(17-19-38)21-25-4-9-30-28(20-25)29(26-5-7-27(8-6-26)41-23-33)22-39(30)15-3-12-36-31(40)32(34)10-13-35-14-11-32/h4-9,20,22,24,35H,3,10-19,21,23,34H2,1-2H3,(H,36,40). The number of carbonyl (C=O) groups is 1. The maximum Gasteiger partial charge on any atom is 0.240 e. The lowest BCUT2D eigenvalue weighted by Crippen LogP contribution is -2.59. The number of halogens is 1. The molecule has 1 amide bonds. The first-order chi connectivity index (χ1) is 19.9. The summed E-state index contributed by atoms with van der Waals surface area (Å²) in [6.07, 6.45) is 4.32. The van der Waals surface area contributed by atoms with E-state index >= 15 is 0 Å². The fourth-order valence-electron chi connectivity index (χ4n) is 6.07. The molecular formula is C32H45FN6O2. The highest BCUT2D eigenvalue weighted by atomic mass is 19.1. The van der Waals surface area contributed by atoms with Crippen LogP contribution >= 0.6 is 0 Å². The van der Waals surface area contributed by atoms with E-state index in [4.69, 9.17) is 10.5 Å². The van der Waals surface area contributed by atoms with E-state index in [0.717, 1.165) is 75.4 Å². The van der Waals surface area contributed by atoms with Crippen molar-refractivity contribution in [3.63, 3.8) is 0 Å². The average molecular weight is 565 g/mol. The highest BCUT2D eigenvalue weighted by Gasteiger charge is 2.34. The first-order valence-electron chi connectivity index (χ1n) is 15.0. The van der Waals surface area contributed by atoms with Gasteiger partial charge in [0.2, 0.25) is 12.8 Å². The maximum absolute atomic E-state index is 12.7. The Morgan fingerprint density at radius 1 is 1.10 bits per heavy atom. The van der Waals surface area contributed by atoms with Gasteiger partial charge in [-0.2, -0.15) is 0 Å². The molecule has 0 aliphatic carbocycles. The minimum atomic E-state index is -0.841. The Morgan fingerprint density at radius 2 is 1.83 bits per heavy atom. The van der Waals surface area contributed by atoms with Crippen LogP contribution in [0.5, 0.6) is 5.75 Å². The monoisotopic (exact) mass is 564 g/mol. The lowest BCUT2D eigenvalue weighted by atomic mass is 9.88. The van der Waals surface area contributed by atoms with Crippen molar-refractivity contribution in [3.8, 4) is 16.9 Å². The number of aryl methyl sites for hydroxylation is 1. The summed E-state index contributed by atoms with van der Waals surface area (Å²) in [7, 11) is 0. The van der Waals surface area contributed by atoms with Gasteiger partial charge in [-0.3, -0.25) is 14.6 Å². The average Bonchev–Trinajstić information content (AvgIpc) is 3.34. The number of piperazine rings is 1. The van der Waals surface area contributed by atoms with Crippen LogP contribution in [-0.4, -0.2) is 84.5 Å². The van der Waals surface area contributed by atoms with Crippen molar-refractivity contribution in [2.75, 3.05) is 52.7 Å². The predicted molar refractivity (Wildman–Crippen MR) is 163 cm³/mol. The Kier molecular flexibility index (Phi) is 9.60. The summed E-state index contributed by atoms with van der Waals surface area (Å²) in [4.78, 5) is 17.8. The molecular weight excluding hydrogens is 519 g/mol. The summed E-state index contributed by atoms with van der Waals surface area (Å²) in [5, 5.41) is 7.54. The molecule has 41 heavy (non-hydrogen) atoms. The van der Waals surface area contributed by atoms with Crippen molar-refractivity contribution in [3.05, 3.63) is 54.2 Å². The van der Waals surface area contributed by atoms with E-state index < -0.39 is 12.4 Å². The van der Waals surface area contributed by atoms with E-state index in [2.05, 4.69) is 63.2 Å². The van der Waals surface area contributed by atoms with Gasteiger partial charge < -0.3 is 25.7 Å². The van der Waals surface area contributed by atoms with Gasteiger partial charge in [0, 0.05) is 74.5 Å². The molecule has 0 atom stereocenters. The van der Waals surface area contributed by atoms with E-state index in [1.165, 1.54) is 10.9 Å². The quantitative estimate of drug-likeness (QED) is 0.308. The SMILES string of the molecule is CC(C)N1CCN(Cc2ccc3c(c2)c(-c2ccc(OCF)cc2)cn3CCCNC(=O)C2(N)CCNCC2)CC1. The zero-order valence-corrected chi connectivity index (χ0v) is 24.5. The van der Waals surface area contributed by atoms with Crippen molar-refractivity contribution in [1.82, 2.24) is 25.0 Å². The molecule has 0 unspecified atom stereocenters. The van der Waals surface area contributed by atoms with Crippen molar-refractivity contribution in [2.45, 2.75) is 57.8 Å². The van der Waals surface area contributed by atoms with Gasteiger partial charge in [-0.1, -0.05) is 18.2 Å². The molecule has 0 bridgehead atoms. The summed E-state index contributed by atoms with van der Waals surface area (Å²) in [5.74, 6) is 0.467. The van der Waals surface area contributed by atoms with E-state index in [0.29, 0.717) is 31.2 Å². The number of ether oxygens (including phenoxy) is 1. The molecule has 4 N–H and O–H groups in total. The zero-order chi connectivity index (χ0) is 28.8. The molecule has 0 radical (unpaired) electrons. The summed E-state index contributed by atoms with van der Waals surface area (Å²) >= 11 is 0. The number of nitrogens with one attached hydrogen (secondary N) is 2. The molecule has 3 heterocycles. The third kappa shape index (κ3) is 7.09. The second kappa shape index (κ2) is 13.3. The van der Waals surface area contributed by atoms with Gasteiger partial charge >= 0.3 is 0 Å². The molecule has 8 nitrogen and oxygen atoms in total. The van der Waals surface area contributed by atoms with Gasteiger partial charge in [-0.15, -0.1) is 0 Å². The fourth-order valence-corrected chi connectivity index (χ4v) is 6.07. The van der Waals surface area contributed by atoms with Gasteiger partial charge in [0.25, 0.3) is 0 Å². The van der Waals surface area contributed by atoms with Crippen molar-refractivity contribution < 1.29 is 13.9 Å². The Hall–Kier alpha value is -2.98. The molecule has 0 spiro atoms. The Bertz CT molecular complexity index is 1290. The van der Waals surface area contributed by atoms with Gasteiger partial charge in [0.1, 0.15) is 5.75 Å². The van der Waals surface area contributed by atoms with Gasteiger partial charge in [-0.05, 0) is 81.6 Å². The number of rotatable bonds is 11. The predicted octanol–water partition coefficient (Wildman–Crippen LogP) is 3.73. The van der Waals surface area contributed by atoms with E-state index in [1.54, 1.807) is 0 Å². The maximum atomic E-state index is 12.7. The Labute approximate surface area is 243 Å². The number of fused-ring (bicyclic) bond motifs is 1. The minimum Gasteiger partial charge on any atom is -0.463 e. The van der Waals surface area contributed by atoms with Crippen LogP contribution in [0.25, 0.3) is 22.0 Å². The smallest absolute Gasteiger partial charge is 0.240 e. The Balaban J connectivity index is 1.31.